The van der Waals surface area contributed by atoms with Crippen LogP contribution in [0.15, 0.2) is 22.4 Å². The van der Waals surface area contributed by atoms with E-state index in [1.165, 1.54) is 27.6 Å². The second kappa shape index (κ2) is 7.60. The minimum absolute atomic E-state index is 0.0830. The van der Waals surface area contributed by atoms with E-state index in [-0.39, 0.29) is 10.9 Å². The van der Waals surface area contributed by atoms with E-state index < -0.39 is 5.97 Å². The third-order valence-electron chi connectivity index (χ3n) is 4.97. The third-order valence-corrected chi connectivity index (χ3v) is 8.97. The molecule has 6 nitrogen and oxygen atoms in total. The SMILES string of the molecule is Cc1cc(-c2c(C)nn(-c3nc4c(s3)SC(C)c3cc(Cl)c(Cl)cc3-4)c2C(=O)O)sn1. The van der Waals surface area contributed by atoms with Crippen molar-refractivity contribution in [3.05, 3.63) is 50.9 Å². The van der Waals surface area contributed by atoms with Gasteiger partial charge in [0.2, 0.25) is 5.13 Å². The van der Waals surface area contributed by atoms with Gasteiger partial charge in [0.25, 0.3) is 0 Å². The molecule has 0 aliphatic carbocycles. The highest BCUT2D eigenvalue weighted by Crippen LogP contribution is 2.53. The number of thioether (sulfide) groups is 1. The number of aryl methyl sites for hydroxylation is 2. The topological polar surface area (TPSA) is 80.9 Å². The number of carbonyl (C=O) groups is 1. The molecular formula is C20H14Cl2N4O2S3. The number of rotatable bonds is 3. The standard InChI is InChI=1S/C20H14Cl2N4O2S3/c1-7-4-14(31-25-7)15-8(2)24-26(17(15)18(27)28)20-23-16-11-6-13(22)12(21)5-10(11)9(3)29-19(16)30-20/h4-6,9H,1-3H3,(H,27,28). The normalized spacial score (nSPS) is 15.1. The average molecular weight is 509 g/mol. The first-order chi connectivity index (χ1) is 14.7. The van der Waals surface area contributed by atoms with Crippen molar-refractivity contribution in [3.63, 3.8) is 0 Å². The van der Waals surface area contributed by atoms with E-state index >= 15 is 0 Å². The smallest absolute Gasteiger partial charge is 0.355 e. The minimum atomic E-state index is -1.06. The maximum Gasteiger partial charge on any atom is 0.355 e. The monoisotopic (exact) mass is 508 g/mol. The number of benzene rings is 1. The molecule has 1 N–H and O–H groups in total. The molecule has 0 bridgehead atoms. The summed E-state index contributed by atoms with van der Waals surface area (Å²) in [6.45, 7) is 5.78. The fourth-order valence-corrected chi connectivity index (χ4v) is 7.33. The highest BCUT2D eigenvalue weighted by Gasteiger charge is 2.31. The number of hydrogen-bond donors (Lipinski definition) is 1. The molecule has 4 heterocycles. The van der Waals surface area contributed by atoms with Crippen LogP contribution >= 0.6 is 57.8 Å². The van der Waals surface area contributed by atoms with E-state index in [0.717, 1.165) is 31.6 Å². The molecule has 1 unspecified atom stereocenters. The lowest BCUT2D eigenvalue weighted by atomic mass is 10.0. The van der Waals surface area contributed by atoms with Gasteiger partial charge < -0.3 is 5.11 Å². The first kappa shape index (κ1) is 21.0. The van der Waals surface area contributed by atoms with Crippen molar-refractivity contribution < 1.29 is 9.90 Å². The van der Waals surface area contributed by atoms with Crippen molar-refractivity contribution in [1.82, 2.24) is 19.1 Å². The van der Waals surface area contributed by atoms with Crippen LogP contribution in [-0.4, -0.2) is 30.2 Å². The molecule has 0 saturated heterocycles. The van der Waals surface area contributed by atoms with Gasteiger partial charge in [0.1, 0.15) is 0 Å². The van der Waals surface area contributed by atoms with Gasteiger partial charge in [0.05, 0.1) is 36.2 Å². The summed E-state index contributed by atoms with van der Waals surface area (Å²) in [5.74, 6) is -1.06. The number of hydrogen-bond acceptors (Lipinski definition) is 7. The van der Waals surface area contributed by atoms with Crippen LogP contribution in [0.3, 0.4) is 0 Å². The van der Waals surface area contributed by atoms with Crippen molar-refractivity contribution in [2.75, 3.05) is 0 Å². The van der Waals surface area contributed by atoms with Gasteiger partial charge in [-0.3, -0.25) is 0 Å². The summed E-state index contributed by atoms with van der Waals surface area (Å²) in [6.07, 6.45) is 0. The summed E-state index contributed by atoms with van der Waals surface area (Å²) in [5, 5.41) is 16.2. The Hall–Kier alpha value is -1.91. The predicted octanol–water partition coefficient (Wildman–Crippen LogP) is 6.91. The molecule has 1 atom stereocenters. The zero-order valence-corrected chi connectivity index (χ0v) is 20.4. The zero-order chi connectivity index (χ0) is 22.0. The molecule has 31 heavy (non-hydrogen) atoms. The van der Waals surface area contributed by atoms with E-state index in [1.807, 2.05) is 25.1 Å². The Morgan fingerprint density at radius 1 is 1.19 bits per heavy atom. The van der Waals surface area contributed by atoms with Crippen LogP contribution in [0.5, 0.6) is 0 Å². The number of nitrogens with zero attached hydrogens (tertiary/aromatic N) is 4. The number of halogens is 2. The first-order valence-corrected chi connectivity index (χ1v) is 12.4. The molecule has 1 aliphatic heterocycles. The number of aromatic carboxylic acids is 1. The summed E-state index contributed by atoms with van der Waals surface area (Å²) in [4.78, 5) is 17.8. The van der Waals surface area contributed by atoms with Crippen molar-refractivity contribution >= 4 is 63.8 Å². The fourth-order valence-electron chi connectivity index (χ4n) is 3.60. The van der Waals surface area contributed by atoms with Gasteiger partial charge in [-0.25, -0.2) is 9.78 Å². The number of carboxylic acids is 1. The highest BCUT2D eigenvalue weighted by atomic mass is 35.5. The van der Waals surface area contributed by atoms with Crippen LogP contribution in [0.1, 0.15) is 39.6 Å². The lowest BCUT2D eigenvalue weighted by molar-refractivity contribution is 0.0688. The Bertz CT molecular complexity index is 1380. The van der Waals surface area contributed by atoms with Crippen molar-refractivity contribution in [1.29, 1.82) is 0 Å². The molecule has 0 fully saturated rings. The molecule has 11 heteroatoms. The molecule has 0 radical (unpaired) electrons. The van der Waals surface area contributed by atoms with E-state index in [0.29, 0.717) is 26.4 Å². The van der Waals surface area contributed by atoms with Gasteiger partial charge in [-0.2, -0.15) is 14.2 Å². The van der Waals surface area contributed by atoms with Gasteiger partial charge in [-0.1, -0.05) is 34.5 Å². The van der Waals surface area contributed by atoms with Crippen LogP contribution in [0.4, 0.5) is 0 Å². The summed E-state index contributed by atoms with van der Waals surface area (Å²) < 4.78 is 6.71. The van der Waals surface area contributed by atoms with Crippen LogP contribution in [0, 0.1) is 13.8 Å². The lowest BCUT2D eigenvalue weighted by Gasteiger charge is -2.21. The zero-order valence-electron chi connectivity index (χ0n) is 16.4. The Morgan fingerprint density at radius 2 is 1.94 bits per heavy atom. The van der Waals surface area contributed by atoms with Gasteiger partial charge >= 0.3 is 5.97 Å². The summed E-state index contributed by atoms with van der Waals surface area (Å²) in [7, 11) is 0. The van der Waals surface area contributed by atoms with E-state index in [9.17, 15) is 9.90 Å². The van der Waals surface area contributed by atoms with Gasteiger partial charge in [-0.15, -0.1) is 11.8 Å². The first-order valence-electron chi connectivity index (χ1n) is 9.18. The van der Waals surface area contributed by atoms with Crippen molar-refractivity contribution in [3.8, 4) is 26.8 Å². The maximum absolute atomic E-state index is 12.2. The number of fused-ring (bicyclic) bond motifs is 3. The minimum Gasteiger partial charge on any atom is -0.476 e. The second-order valence-electron chi connectivity index (χ2n) is 7.10. The molecule has 158 valence electrons. The van der Waals surface area contributed by atoms with Gasteiger partial charge in [0, 0.05) is 16.4 Å². The molecule has 0 spiro atoms. The van der Waals surface area contributed by atoms with Crippen LogP contribution in [0.2, 0.25) is 10.0 Å². The molecule has 1 aliphatic rings. The van der Waals surface area contributed by atoms with Crippen LogP contribution in [-0.2, 0) is 0 Å². The summed E-state index contributed by atoms with van der Waals surface area (Å²) >= 11 is 16.9. The Kier molecular flexibility index (Phi) is 5.14. The number of carboxylic acid groups (broad SMARTS) is 1. The number of thiazole rings is 1. The van der Waals surface area contributed by atoms with E-state index in [4.69, 9.17) is 28.2 Å². The largest absolute Gasteiger partial charge is 0.476 e. The fraction of sp³-hybridized carbons (Fsp3) is 0.200. The summed E-state index contributed by atoms with van der Waals surface area (Å²) in [6, 6.07) is 5.58. The van der Waals surface area contributed by atoms with Gasteiger partial charge in [-0.05, 0) is 56.1 Å². The molecule has 3 aromatic heterocycles. The molecule has 0 amide bonds. The molecular weight excluding hydrogens is 495 g/mol. The van der Waals surface area contributed by atoms with Crippen LogP contribution in [0.25, 0.3) is 26.8 Å². The Labute approximate surface area is 200 Å². The van der Waals surface area contributed by atoms with E-state index in [1.54, 1.807) is 18.7 Å². The third kappa shape index (κ3) is 3.39. The van der Waals surface area contributed by atoms with E-state index in [2.05, 4.69) is 16.4 Å². The Morgan fingerprint density at radius 3 is 2.61 bits per heavy atom. The number of aromatic nitrogens is 4. The Balaban J connectivity index is 1.70. The lowest BCUT2D eigenvalue weighted by Crippen LogP contribution is -2.09. The van der Waals surface area contributed by atoms with Crippen molar-refractivity contribution in [2.45, 2.75) is 30.2 Å². The highest BCUT2D eigenvalue weighted by molar-refractivity contribution is 8.01. The second-order valence-corrected chi connectivity index (χ2v) is 11.3. The summed E-state index contributed by atoms with van der Waals surface area (Å²) in [5.41, 5.74) is 4.85. The average Bonchev–Trinajstić information content (AvgIpc) is 3.39. The molecule has 4 aromatic rings. The molecule has 0 saturated carbocycles. The molecule has 1 aromatic carbocycles. The van der Waals surface area contributed by atoms with Gasteiger partial charge in [0.15, 0.2) is 5.69 Å². The maximum atomic E-state index is 12.2. The molecule has 5 rings (SSSR count). The predicted molar refractivity (Wildman–Crippen MR) is 127 cm³/mol. The van der Waals surface area contributed by atoms with Crippen LogP contribution < -0.4 is 0 Å². The quantitative estimate of drug-likeness (QED) is 0.323. The van der Waals surface area contributed by atoms with Crippen molar-refractivity contribution in [2.24, 2.45) is 0 Å².